The van der Waals surface area contributed by atoms with E-state index in [0.717, 1.165) is 31.6 Å². The maximum Gasteiger partial charge on any atom is 0.294 e. The van der Waals surface area contributed by atoms with E-state index in [2.05, 4.69) is 35.0 Å². The first-order valence-corrected chi connectivity index (χ1v) is 8.48. The molecule has 0 amide bonds. The van der Waals surface area contributed by atoms with Crippen LogP contribution < -0.4 is 0 Å². The zero-order valence-corrected chi connectivity index (χ0v) is 14.5. The second-order valence-electron chi connectivity index (χ2n) is 4.90. The fraction of sp³-hybridized carbons (Fsp3) is 0.533. The van der Waals surface area contributed by atoms with Crippen LogP contribution in [0.4, 0.5) is 0 Å². The van der Waals surface area contributed by atoms with Crippen LogP contribution in [0.15, 0.2) is 39.1 Å². The molecule has 0 aliphatic rings. The molecular weight excluding hydrogens is 302 g/mol. The fourth-order valence-corrected chi connectivity index (χ4v) is 1.83. The first-order chi connectivity index (χ1) is 10.3. The van der Waals surface area contributed by atoms with Crippen LogP contribution in [-0.2, 0) is 10.1 Å². The van der Waals surface area contributed by atoms with Crippen LogP contribution in [0.2, 0.25) is 0 Å². The van der Waals surface area contributed by atoms with Gasteiger partial charge in [0.25, 0.3) is 10.1 Å². The molecule has 7 heteroatoms. The minimum Gasteiger partial charge on any atom is -0.309 e. The maximum atomic E-state index is 10.5. The molecule has 0 saturated carbocycles. The summed E-state index contributed by atoms with van der Waals surface area (Å²) in [6.07, 6.45) is 1.08. The summed E-state index contributed by atoms with van der Waals surface area (Å²) >= 11 is 0. The topological polar surface area (TPSA) is 82.3 Å². The van der Waals surface area contributed by atoms with Gasteiger partial charge in [-0.1, -0.05) is 17.7 Å². The second kappa shape index (κ2) is 11.1. The van der Waals surface area contributed by atoms with Crippen molar-refractivity contribution in [3.8, 4) is 0 Å². The van der Waals surface area contributed by atoms with E-state index in [-0.39, 0.29) is 4.90 Å². The summed E-state index contributed by atoms with van der Waals surface area (Å²) in [4.78, 5) is 9.93. The average molecular weight is 327 g/mol. The minimum absolute atomic E-state index is 0.0666. The molecule has 0 aliphatic carbocycles. The number of benzene rings is 1. The molecule has 0 aliphatic heterocycles. The molecule has 0 radical (unpaired) electrons. The standard InChI is InChI=1S/C8H17N3.C7H8O3S/c1-4-9-8-10-6-5-7-11(2)3;1-6-2-4-7(5-3-6)11(8,9)10/h4-7H2,1-3H3;2-5H,1H3,(H,8,9,10). The molecular formula is C15H25N3O3S. The highest BCUT2D eigenvalue weighted by Crippen LogP contribution is 2.08. The summed E-state index contributed by atoms with van der Waals surface area (Å²) in [5.41, 5.74) is 0.956. The van der Waals surface area contributed by atoms with Crippen molar-refractivity contribution >= 4 is 16.1 Å². The zero-order chi connectivity index (χ0) is 17.0. The van der Waals surface area contributed by atoms with E-state index >= 15 is 0 Å². The van der Waals surface area contributed by atoms with Gasteiger partial charge in [0.05, 0.1) is 17.4 Å². The molecule has 22 heavy (non-hydrogen) atoms. The molecule has 0 saturated heterocycles. The zero-order valence-electron chi connectivity index (χ0n) is 13.7. The quantitative estimate of drug-likeness (QED) is 0.494. The van der Waals surface area contributed by atoms with Crippen molar-refractivity contribution in [2.24, 2.45) is 9.98 Å². The summed E-state index contributed by atoms with van der Waals surface area (Å²) < 4.78 is 29.6. The third kappa shape index (κ3) is 11.2. The average Bonchev–Trinajstić information content (AvgIpc) is 2.42. The number of hydrogen-bond acceptors (Lipinski definition) is 5. The van der Waals surface area contributed by atoms with Gasteiger partial charge in [0, 0.05) is 6.54 Å². The van der Waals surface area contributed by atoms with Crippen LogP contribution in [0.1, 0.15) is 18.9 Å². The van der Waals surface area contributed by atoms with Crippen molar-refractivity contribution in [3.63, 3.8) is 0 Å². The molecule has 1 N–H and O–H groups in total. The molecule has 6 nitrogen and oxygen atoms in total. The highest BCUT2D eigenvalue weighted by atomic mass is 32.2. The van der Waals surface area contributed by atoms with Gasteiger partial charge in [0.1, 0.15) is 0 Å². The monoisotopic (exact) mass is 327 g/mol. The summed E-state index contributed by atoms with van der Waals surface area (Å²) in [5.74, 6) is 0. The maximum absolute atomic E-state index is 10.5. The molecule has 0 unspecified atom stereocenters. The highest BCUT2D eigenvalue weighted by molar-refractivity contribution is 7.85. The SMILES string of the molecule is CCN=C=NCCCN(C)C.Cc1ccc(S(=O)(=O)O)cc1. The largest absolute Gasteiger partial charge is 0.309 e. The predicted molar refractivity (Wildman–Crippen MR) is 89.4 cm³/mol. The van der Waals surface area contributed by atoms with E-state index in [4.69, 9.17) is 4.55 Å². The lowest BCUT2D eigenvalue weighted by Crippen LogP contribution is -2.13. The molecule has 0 spiro atoms. The Morgan fingerprint density at radius 3 is 2.23 bits per heavy atom. The molecule has 1 aromatic rings. The fourth-order valence-electron chi connectivity index (χ4n) is 1.35. The van der Waals surface area contributed by atoms with Crippen LogP contribution >= 0.6 is 0 Å². The van der Waals surface area contributed by atoms with E-state index in [0.29, 0.717) is 0 Å². The van der Waals surface area contributed by atoms with Gasteiger partial charge in [0.2, 0.25) is 0 Å². The van der Waals surface area contributed by atoms with Crippen LogP contribution in [-0.4, -0.2) is 57.6 Å². The second-order valence-corrected chi connectivity index (χ2v) is 6.32. The van der Waals surface area contributed by atoms with Crippen LogP contribution in [0, 0.1) is 6.92 Å². The Balaban J connectivity index is 0.000000401. The van der Waals surface area contributed by atoms with E-state index < -0.39 is 10.1 Å². The van der Waals surface area contributed by atoms with Gasteiger partial charge in [-0.2, -0.15) is 8.42 Å². The Bertz CT molecular complexity index is 575. The van der Waals surface area contributed by atoms with E-state index in [1.807, 2.05) is 13.8 Å². The normalized spacial score (nSPS) is 10.5. The predicted octanol–water partition coefficient (Wildman–Crippen LogP) is 2.37. The number of rotatable bonds is 6. The molecule has 0 fully saturated rings. The lowest BCUT2D eigenvalue weighted by molar-refractivity contribution is 0.403. The van der Waals surface area contributed by atoms with Crippen molar-refractivity contribution < 1.29 is 13.0 Å². The summed E-state index contributed by atoms with van der Waals surface area (Å²) in [6, 6.07) is 8.63. The minimum atomic E-state index is -4.02. The van der Waals surface area contributed by atoms with Crippen molar-refractivity contribution in [2.75, 3.05) is 33.7 Å². The van der Waals surface area contributed by atoms with Gasteiger partial charge in [0.15, 0.2) is 0 Å². The van der Waals surface area contributed by atoms with Gasteiger partial charge >= 0.3 is 0 Å². The highest BCUT2D eigenvalue weighted by Gasteiger charge is 2.06. The first kappa shape index (κ1) is 20.5. The summed E-state index contributed by atoms with van der Waals surface area (Å²) in [5, 5.41) is 0. The van der Waals surface area contributed by atoms with Gasteiger partial charge in [-0.15, -0.1) is 0 Å². The van der Waals surface area contributed by atoms with Crippen molar-refractivity contribution in [1.82, 2.24) is 4.90 Å². The Labute approximate surface area is 133 Å². The van der Waals surface area contributed by atoms with Gasteiger partial charge in [-0.05, 0) is 53.0 Å². The smallest absolute Gasteiger partial charge is 0.294 e. The van der Waals surface area contributed by atoms with Crippen LogP contribution in [0.5, 0.6) is 0 Å². The first-order valence-electron chi connectivity index (χ1n) is 7.04. The third-order valence-corrected chi connectivity index (χ3v) is 3.36. The molecule has 0 aromatic heterocycles. The lowest BCUT2D eigenvalue weighted by atomic mass is 10.2. The van der Waals surface area contributed by atoms with Gasteiger partial charge in [-0.25, -0.2) is 9.98 Å². The molecule has 0 bridgehead atoms. The van der Waals surface area contributed by atoms with Gasteiger partial charge in [-0.3, -0.25) is 4.55 Å². The molecule has 124 valence electrons. The van der Waals surface area contributed by atoms with Crippen molar-refractivity contribution in [1.29, 1.82) is 0 Å². The molecule has 0 heterocycles. The lowest BCUT2D eigenvalue weighted by Gasteiger charge is -2.05. The van der Waals surface area contributed by atoms with E-state index in [1.54, 1.807) is 12.1 Å². The molecule has 0 atom stereocenters. The Hall–Kier alpha value is -1.53. The van der Waals surface area contributed by atoms with E-state index in [1.165, 1.54) is 12.1 Å². The summed E-state index contributed by atoms with van der Waals surface area (Å²) in [6.45, 7) is 6.51. The van der Waals surface area contributed by atoms with Crippen LogP contribution in [0.3, 0.4) is 0 Å². The van der Waals surface area contributed by atoms with Crippen molar-refractivity contribution in [3.05, 3.63) is 29.8 Å². The van der Waals surface area contributed by atoms with Crippen molar-refractivity contribution in [2.45, 2.75) is 25.2 Å². The summed E-state index contributed by atoms with van der Waals surface area (Å²) in [7, 11) is 0.0992. The number of aryl methyl sites for hydroxylation is 1. The van der Waals surface area contributed by atoms with Crippen LogP contribution in [0.25, 0.3) is 0 Å². The number of hydrogen-bond donors (Lipinski definition) is 1. The van der Waals surface area contributed by atoms with E-state index in [9.17, 15) is 8.42 Å². The number of aliphatic imine (C=N–C) groups is 2. The molecule has 1 rings (SSSR count). The Morgan fingerprint density at radius 1 is 1.18 bits per heavy atom. The number of nitrogens with zero attached hydrogens (tertiary/aromatic N) is 3. The Kier molecular flexibility index (Phi) is 10.3. The Morgan fingerprint density at radius 2 is 1.77 bits per heavy atom. The van der Waals surface area contributed by atoms with Gasteiger partial charge < -0.3 is 4.90 Å². The third-order valence-electron chi connectivity index (χ3n) is 2.49. The molecule has 1 aromatic carbocycles.